The Hall–Kier alpha value is -2.08. The monoisotopic (exact) mass is 503 g/mol. The fourth-order valence-corrected chi connectivity index (χ4v) is 6.13. The molecular weight excluding hydrogens is 476 g/mol. The number of sulfonamides is 1. The SMILES string of the molecule is Cl.Cn1cnc(S(=O)(=O)N2CCN(C3(CNC(=O)c4c(F)cccc4F)CCCC3)CC2)c1. The van der Waals surface area contributed by atoms with E-state index in [0.717, 1.165) is 37.8 Å². The van der Waals surface area contributed by atoms with Gasteiger partial charge in [0.05, 0.1) is 6.33 Å². The van der Waals surface area contributed by atoms with Gasteiger partial charge in [0.1, 0.15) is 17.2 Å². The van der Waals surface area contributed by atoms with Crippen molar-refractivity contribution in [3.05, 3.63) is 47.9 Å². The van der Waals surface area contributed by atoms with Gasteiger partial charge < -0.3 is 9.88 Å². The van der Waals surface area contributed by atoms with E-state index in [1.807, 2.05) is 0 Å². The molecule has 0 bridgehead atoms. The maximum atomic E-state index is 14.0. The van der Waals surface area contributed by atoms with Crippen LogP contribution in [0.2, 0.25) is 0 Å². The fraction of sp³-hybridized carbons (Fsp3) is 0.524. The highest BCUT2D eigenvalue weighted by molar-refractivity contribution is 7.89. The summed E-state index contributed by atoms with van der Waals surface area (Å²) >= 11 is 0. The van der Waals surface area contributed by atoms with Crippen LogP contribution in [0.3, 0.4) is 0 Å². The molecule has 2 heterocycles. The first kappa shape index (κ1) is 25.5. The molecule has 1 N–H and O–H groups in total. The Morgan fingerprint density at radius 3 is 2.27 bits per heavy atom. The van der Waals surface area contributed by atoms with E-state index in [9.17, 15) is 22.0 Å². The number of aryl methyl sites for hydroxylation is 1. The van der Waals surface area contributed by atoms with Gasteiger partial charge in [0.15, 0.2) is 5.03 Å². The summed E-state index contributed by atoms with van der Waals surface area (Å²) in [5, 5.41) is 2.76. The van der Waals surface area contributed by atoms with E-state index in [1.165, 1.54) is 22.9 Å². The molecule has 0 unspecified atom stereocenters. The third-order valence-electron chi connectivity index (χ3n) is 6.50. The zero-order chi connectivity index (χ0) is 22.9. The maximum Gasteiger partial charge on any atom is 0.262 e. The predicted molar refractivity (Wildman–Crippen MR) is 121 cm³/mol. The predicted octanol–water partition coefficient (Wildman–Crippen LogP) is 2.17. The molecule has 33 heavy (non-hydrogen) atoms. The number of nitrogens with one attached hydrogen (secondary N) is 1. The Balaban J connectivity index is 0.00000306. The number of piperazine rings is 1. The number of imidazole rings is 1. The molecule has 1 saturated carbocycles. The lowest BCUT2D eigenvalue weighted by atomic mass is 9.93. The second kappa shape index (κ2) is 10.0. The molecule has 1 amide bonds. The van der Waals surface area contributed by atoms with E-state index >= 15 is 0 Å². The van der Waals surface area contributed by atoms with E-state index < -0.39 is 33.1 Å². The molecule has 182 valence electrons. The van der Waals surface area contributed by atoms with Gasteiger partial charge >= 0.3 is 0 Å². The van der Waals surface area contributed by atoms with Gasteiger partial charge in [-0.2, -0.15) is 4.31 Å². The number of carbonyl (C=O) groups excluding carboxylic acids is 1. The molecule has 12 heteroatoms. The van der Waals surface area contributed by atoms with Crippen LogP contribution in [0.5, 0.6) is 0 Å². The normalized spacial score (nSPS) is 19.2. The zero-order valence-electron chi connectivity index (χ0n) is 18.3. The van der Waals surface area contributed by atoms with Gasteiger partial charge in [0, 0.05) is 51.5 Å². The molecule has 2 aliphatic rings. The molecule has 0 spiro atoms. The van der Waals surface area contributed by atoms with Crippen LogP contribution in [0, 0.1) is 11.6 Å². The summed E-state index contributed by atoms with van der Waals surface area (Å²) in [6.45, 7) is 1.91. The molecule has 1 aliphatic carbocycles. The molecule has 0 radical (unpaired) electrons. The summed E-state index contributed by atoms with van der Waals surface area (Å²) in [6, 6.07) is 3.34. The van der Waals surface area contributed by atoms with Crippen molar-refractivity contribution in [1.82, 2.24) is 24.1 Å². The molecule has 8 nitrogen and oxygen atoms in total. The van der Waals surface area contributed by atoms with Crippen molar-refractivity contribution in [3.63, 3.8) is 0 Å². The summed E-state index contributed by atoms with van der Waals surface area (Å²) in [4.78, 5) is 18.7. The Labute approximate surface area is 198 Å². The minimum absolute atomic E-state index is 0. The number of aromatic nitrogens is 2. The highest BCUT2D eigenvalue weighted by atomic mass is 35.5. The maximum absolute atomic E-state index is 14.0. The standard InChI is InChI=1S/C21H27F2N5O3S.ClH/c1-26-13-18(25-15-26)32(30,31)28-11-9-27(10-12-28)21(7-2-3-8-21)14-24-20(29)19-16(22)5-4-6-17(19)23;/h4-6,13,15H,2-3,7-12,14H2,1H3,(H,24,29);1H. The van der Waals surface area contributed by atoms with Gasteiger partial charge in [-0.15, -0.1) is 12.4 Å². The van der Waals surface area contributed by atoms with Crippen LogP contribution >= 0.6 is 12.4 Å². The number of nitrogens with zero attached hydrogens (tertiary/aromatic N) is 4. The fourth-order valence-electron chi connectivity index (χ4n) is 4.74. The summed E-state index contributed by atoms with van der Waals surface area (Å²) in [5.74, 6) is -2.56. The van der Waals surface area contributed by atoms with E-state index in [2.05, 4.69) is 15.2 Å². The molecule has 1 saturated heterocycles. The number of halogens is 3. The number of rotatable bonds is 6. The molecule has 2 fully saturated rings. The second-order valence-corrected chi connectivity index (χ2v) is 10.4. The lowest BCUT2D eigenvalue weighted by Gasteiger charge is -2.45. The first-order valence-electron chi connectivity index (χ1n) is 10.7. The highest BCUT2D eigenvalue weighted by Gasteiger charge is 2.42. The topological polar surface area (TPSA) is 87.5 Å². The number of carbonyl (C=O) groups is 1. The quantitative estimate of drug-likeness (QED) is 0.653. The van der Waals surface area contributed by atoms with E-state index in [-0.39, 0.29) is 29.5 Å². The van der Waals surface area contributed by atoms with Crippen molar-refractivity contribution in [3.8, 4) is 0 Å². The Bertz CT molecular complexity index is 1080. The Kier molecular flexibility index (Phi) is 7.77. The number of benzene rings is 1. The van der Waals surface area contributed by atoms with Crippen molar-refractivity contribution in [2.45, 2.75) is 36.2 Å². The summed E-state index contributed by atoms with van der Waals surface area (Å²) in [7, 11) is -1.94. The number of amides is 1. The summed E-state index contributed by atoms with van der Waals surface area (Å²) < 4.78 is 56.7. The molecular formula is C21H28ClF2N5O3S. The first-order chi connectivity index (χ1) is 15.2. The van der Waals surface area contributed by atoms with Crippen LogP contribution in [0.25, 0.3) is 0 Å². The lowest BCUT2D eigenvalue weighted by molar-refractivity contribution is 0.0538. The molecule has 1 aromatic carbocycles. The highest BCUT2D eigenvalue weighted by Crippen LogP contribution is 2.36. The third-order valence-corrected chi connectivity index (χ3v) is 8.28. The Morgan fingerprint density at radius 2 is 1.73 bits per heavy atom. The average Bonchev–Trinajstić information content (AvgIpc) is 3.42. The average molecular weight is 504 g/mol. The molecule has 4 rings (SSSR count). The van der Waals surface area contributed by atoms with Crippen molar-refractivity contribution >= 4 is 28.3 Å². The van der Waals surface area contributed by atoms with Crippen LogP contribution in [0.1, 0.15) is 36.0 Å². The van der Waals surface area contributed by atoms with Gasteiger partial charge in [-0.3, -0.25) is 9.69 Å². The van der Waals surface area contributed by atoms with Crippen LogP contribution in [-0.2, 0) is 17.1 Å². The van der Waals surface area contributed by atoms with Crippen LogP contribution in [0.15, 0.2) is 35.7 Å². The number of hydrogen-bond acceptors (Lipinski definition) is 5. The lowest BCUT2D eigenvalue weighted by Crippen LogP contribution is -2.60. The van der Waals surface area contributed by atoms with Gasteiger partial charge in [-0.05, 0) is 25.0 Å². The molecule has 2 aromatic rings. The van der Waals surface area contributed by atoms with Crippen molar-refractivity contribution in [1.29, 1.82) is 0 Å². The smallest absolute Gasteiger partial charge is 0.262 e. The number of hydrogen-bond donors (Lipinski definition) is 1. The minimum atomic E-state index is -3.66. The first-order valence-corrected chi connectivity index (χ1v) is 12.1. The van der Waals surface area contributed by atoms with Crippen LogP contribution in [0.4, 0.5) is 8.78 Å². The minimum Gasteiger partial charge on any atom is -0.350 e. The molecule has 0 atom stereocenters. The van der Waals surface area contributed by atoms with Gasteiger partial charge in [0.25, 0.3) is 15.9 Å². The van der Waals surface area contributed by atoms with Gasteiger partial charge in [-0.25, -0.2) is 22.2 Å². The zero-order valence-corrected chi connectivity index (χ0v) is 20.0. The van der Waals surface area contributed by atoms with Gasteiger partial charge in [0.2, 0.25) is 0 Å². The molecule has 1 aromatic heterocycles. The van der Waals surface area contributed by atoms with E-state index in [0.29, 0.717) is 26.2 Å². The van der Waals surface area contributed by atoms with Crippen LogP contribution in [-0.4, -0.2) is 71.3 Å². The third kappa shape index (κ3) is 5.06. The van der Waals surface area contributed by atoms with E-state index in [4.69, 9.17) is 0 Å². The van der Waals surface area contributed by atoms with Crippen molar-refractivity contribution in [2.75, 3.05) is 32.7 Å². The summed E-state index contributed by atoms with van der Waals surface area (Å²) in [5.41, 5.74) is -0.926. The largest absolute Gasteiger partial charge is 0.350 e. The van der Waals surface area contributed by atoms with Crippen molar-refractivity contribution < 1.29 is 22.0 Å². The molecule has 1 aliphatic heterocycles. The van der Waals surface area contributed by atoms with Crippen LogP contribution < -0.4 is 5.32 Å². The second-order valence-electron chi connectivity index (χ2n) is 8.48. The Morgan fingerprint density at radius 1 is 1.12 bits per heavy atom. The van der Waals surface area contributed by atoms with Crippen molar-refractivity contribution in [2.24, 2.45) is 7.05 Å². The summed E-state index contributed by atoms with van der Waals surface area (Å²) in [6.07, 6.45) is 6.57. The van der Waals surface area contributed by atoms with E-state index in [1.54, 1.807) is 11.6 Å². The van der Waals surface area contributed by atoms with Gasteiger partial charge in [-0.1, -0.05) is 18.9 Å².